The zero-order valence-electron chi connectivity index (χ0n) is 32.8. The van der Waals surface area contributed by atoms with E-state index in [2.05, 4.69) is 33.8 Å². The van der Waals surface area contributed by atoms with Crippen molar-refractivity contribution >= 4 is 46.6 Å². The number of benzene rings is 3. The van der Waals surface area contributed by atoms with E-state index in [1.807, 2.05) is 30.0 Å². The van der Waals surface area contributed by atoms with E-state index in [-0.39, 0.29) is 48.4 Å². The van der Waals surface area contributed by atoms with Gasteiger partial charge in [0.15, 0.2) is 5.78 Å². The summed E-state index contributed by atoms with van der Waals surface area (Å²) >= 11 is 6.18. The van der Waals surface area contributed by atoms with E-state index in [4.69, 9.17) is 21.6 Å². The molecule has 8 rings (SSSR count). The van der Waals surface area contributed by atoms with Crippen LogP contribution in [0.2, 0.25) is 5.02 Å². The minimum atomic E-state index is -0.947. The molecule has 1 aliphatic carbocycles. The second-order valence-corrected chi connectivity index (χ2v) is 16.7. The van der Waals surface area contributed by atoms with Crippen molar-refractivity contribution in [3.63, 3.8) is 0 Å². The molecule has 3 aromatic rings. The third-order valence-corrected chi connectivity index (χ3v) is 12.7. The van der Waals surface area contributed by atoms with Gasteiger partial charge in [-0.05, 0) is 99.5 Å². The van der Waals surface area contributed by atoms with Gasteiger partial charge < -0.3 is 14.5 Å². The highest BCUT2D eigenvalue weighted by atomic mass is 35.5. The molecule has 0 N–H and O–H groups in total. The van der Waals surface area contributed by atoms with Crippen LogP contribution in [-0.4, -0.2) is 94.4 Å². The quantitative estimate of drug-likeness (QED) is 0.150. The van der Waals surface area contributed by atoms with Crippen molar-refractivity contribution in [3.8, 4) is 23.7 Å². The average Bonchev–Trinajstić information content (AvgIpc) is 3.63. The number of likely N-dealkylation sites (tertiary alicyclic amines) is 1. The normalized spacial score (nSPS) is 21.1. The molecule has 298 valence electrons. The molecule has 0 aromatic heterocycles. The third kappa shape index (κ3) is 7.74. The molecule has 2 saturated heterocycles. The molecule has 0 spiro atoms. The van der Waals surface area contributed by atoms with Crippen molar-refractivity contribution in [2.24, 2.45) is 5.92 Å². The maximum absolute atomic E-state index is 13.5. The summed E-state index contributed by atoms with van der Waals surface area (Å²) in [5, 5.41) is 9.51. The number of imide groups is 1. The van der Waals surface area contributed by atoms with Gasteiger partial charge in [-0.25, -0.2) is 0 Å². The molecule has 1 atom stereocenters. The van der Waals surface area contributed by atoms with Crippen molar-refractivity contribution in [3.05, 3.63) is 93.0 Å². The Hall–Kier alpha value is -5.49. The largest absolute Gasteiger partial charge is 0.490 e. The summed E-state index contributed by atoms with van der Waals surface area (Å²) in [5.74, 6) is 6.58. The smallest absolute Gasteiger partial charge is 0.262 e. The molecule has 1 saturated carbocycles. The molecule has 4 aliphatic heterocycles. The Morgan fingerprint density at radius 1 is 0.862 bits per heavy atom. The van der Waals surface area contributed by atoms with Gasteiger partial charge in [-0.2, -0.15) is 5.26 Å². The number of Topliss-reactive ketones (excluding diaryl/α,β-unsaturated/α-hetero) is 2. The zero-order valence-corrected chi connectivity index (χ0v) is 33.6. The van der Waals surface area contributed by atoms with Crippen LogP contribution in [-0.2, 0) is 16.1 Å². The van der Waals surface area contributed by atoms with Crippen molar-refractivity contribution < 1.29 is 28.7 Å². The molecule has 0 radical (unpaired) electrons. The summed E-state index contributed by atoms with van der Waals surface area (Å²) in [5.41, 5.74) is 4.60. The van der Waals surface area contributed by atoms with Gasteiger partial charge in [0.25, 0.3) is 17.7 Å². The van der Waals surface area contributed by atoms with Gasteiger partial charge in [-0.15, -0.1) is 0 Å². The SMILES string of the molecule is CCCC(=O)CCC(C(C)=O)N1C(=O)c2ccc(N3CC(N4CC(C#Cc5ccc6c(c5)CN([C@H]5CC[C@H](Oc7ccc(C#N)c(Cl)c7)CC5)C6=O)C4)C3)cc2C1=O. The van der Waals surface area contributed by atoms with Crippen LogP contribution in [0.3, 0.4) is 0 Å². The van der Waals surface area contributed by atoms with Gasteiger partial charge in [-0.3, -0.25) is 33.8 Å². The summed E-state index contributed by atoms with van der Waals surface area (Å²) in [4.78, 5) is 72.5. The van der Waals surface area contributed by atoms with Crippen LogP contribution in [0.25, 0.3) is 0 Å². The predicted molar refractivity (Wildman–Crippen MR) is 218 cm³/mol. The van der Waals surface area contributed by atoms with E-state index < -0.39 is 17.9 Å². The lowest BCUT2D eigenvalue weighted by Crippen LogP contribution is -2.65. The van der Waals surface area contributed by atoms with Crippen LogP contribution in [0.1, 0.15) is 113 Å². The average molecular weight is 800 g/mol. The van der Waals surface area contributed by atoms with Crippen molar-refractivity contribution in [1.82, 2.24) is 14.7 Å². The number of fused-ring (bicyclic) bond motifs is 2. The van der Waals surface area contributed by atoms with E-state index in [0.717, 1.165) is 79.1 Å². The van der Waals surface area contributed by atoms with Crippen LogP contribution in [0.4, 0.5) is 5.69 Å². The van der Waals surface area contributed by atoms with Crippen LogP contribution in [0, 0.1) is 29.1 Å². The van der Waals surface area contributed by atoms with Crippen LogP contribution in [0.15, 0.2) is 54.6 Å². The monoisotopic (exact) mass is 799 g/mol. The predicted octanol–water partition coefficient (Wildman–Crippen LogP) is 6.43. The lowest BCUT2D eigenvalue weighted by molar-refractivity contribution is -0.122. The number of halogens is 1. The van der Waals surface area contributed by atoms with Crippen molar-refractivity contribution in [2.45, 2.75) is 96.0 Å². The third-order valence-electron chi connectivity index (χ3n) is 12.4. The maximum atomic E-state index is 13.5. The number of nitriles is 1. The lowest BCUT2D eigenvalue weighted by Gasteiger charge is -2.51. The lowest BCUT2D eigenvalue weighted by atomic mass is 9.92. The zero-order chi connectivity index (χ0) is 40.7. The summed E-state index contributed by atoms with van der Waals surface area (Å²) in [6, 6.07) is 18.0. The van der Waals surface area contributed by atoms with E-state index in [0.29, 0.717) is 52.9 Å². The molecule has 0 bridgehead atoms. The first-order valence-electron chi connectivity index (χ1n) is 20.4. The fourth-order valence-electron chi connectivity index (χ4n) is 8.97. The van der Waals surface area contributed by atoms with Crippen LogP contribution < -0.4 is 9.64 Å². The summed E-state index contributed by atoms with van der Waals surface area (Å²) in [7, 11) is 0. The number of carbonyl (C=O) groups is 5. The Bertz CT molecular complexity index is 2290. The molecule has 1 unspecified atom stereocenters. The Morgan fingerprint density at radius 3 is 2.31 bits per heavy atom. The van der Waals surface area contributed by atoms with Gasteiger partial charge >= 0.3 is 0 Å². The first kappa shape index (κ1) is 39.3. The summed E-state index contributed by atoms with van der Waals surface area (Å²) in [6.07, 6.45) is 4.86. The van der Waals surface area contributed by atoms with Crippen LogP contribution >= 0.6 is 11.6 Å². The number of nitrogens with zero attached hydrogens (tertiary/aromatic N) is 5. The number of amides is 3. The fourth-order valence-corrected chi connectivity index (χ4v) is 9.18. The van der Waals surface area contributed by atoms with Gasteiger partial charge in [0.2, 0.25) is 0 Å². The molecule has 58 heavy (non-hydrogen) atoms. The van der Waals surface area contributed by atoms with Crippen LogP contribution in [0.5, 0.6) is 5.75 Å². The number of ketones is 2. The molecule has 5 aliphatic rings. The summed E-state index contributed by atoms with van der Waals surface area (Å²) in [6.45, 7) is 7.24. The molecular weight excluding hydrogens is 754 g/mol. The van der Waals surface area contributed by atoms with E-state index >= 15 is 0 Å². The second kappa shape index (κ2) is 16.4. The molecule has 12 heteroatoms. The molecular formula is C46H46ClN5O6. The van der Waals surface area contributed by atoms with Gasteiger partial charge in [0.05, 0.1) is 33.9 Å². The van der Waals surface area contributed by atoms with Crippen molar-refractivity contribution in [2.75, 3.05) is 31.1 Å². The first-order chi connectivity index (χ1) is 28.0. The van der Waals surface area contributed by atoms with E-state index in [9.17, 15) is 24.0 Å². The molecule has 3 fully saturated rings. The standard InChI is InChI=1S/C46H46ClN5O6/c1-3-4-36(54)12-18-43(28(2)53)52-45(56)40-17-11-34(20-41(40)46(52)57)50-26-35(27-50)49-23-30(24-49)6-5-29-7-16-39-32(19-29)25-51(44(39)55)33-9-14-37(15-10-33)58-38-13-8-31(22-48)42(47)21-38/h7-8,11,13,16-17,19-21,30,33,35,37,43H,3-4,9-10,12,14-15,18,23-27H2,1-2H3/t33-,37-,43?. The van der Waals surface area contributed by atoms with Gasteiger partial charge in [0, 0.05) is 86.4 Å². The Kier molecular flexibility index (Phi) is 11.1. The minimum absolute atomic E-state index is 0.0257. The molecule has 11 nitrogen and oxygen atoms in total. The van der Waals surface area contributed by atoms with Gasteiger partial charge in [0.1, 0.15) is 17.6 Å². The fraction of sp³-hybridized carbons (Fsp3) is 0.435. The highest BCUT2D eigenvalue weighted by Crippen LogP contribution is 2.36. The highest BCUT2D eigenvalue weighted by molar-refractivity contribution is 6.31. The molecule has 3 amide bonds. The number of anilines is 1. The molecule has 4 heterocycles. The van der Waals surface area contributed by atoms with E-state index in [1.165, 1.54) is 6.92 Å². The number of rotatable bonds is 12. The van der Waals surface area contributed by atoms with E-state index in [1.54, 1.807) is 30.3 Å². The van der Waals surface area contributed by atoms with Gasteiger partial charge in [-0.1, -0.05) is 30.4 Å². The maximum Gasteiger partial charge on any atom is 0.262 e. The Morgan fingerprint density at radius 2 is 1.60 bits per heavy atom. The minimum Gasteiger partial charge on any atom is -0.490 e. The Balaban J connectivity index is 0.797. The second-order valence-electron chi connectivity index (χ2n) is 16.2. The summed E-state index contributed by atoms with van der Waals surface area (Å²) < 4.78 is 6.16. The van der Waals surface area contributed by atoms with Crippen molar-refractivity contribution in [1.29, 1.82) is 5.26 Å². The topological polar surface area (TPSA) is 131 Å². The highest BCUT2D eigenvalue weighted by Gasteiger charge is 2.43. The Labute approximate surface area is 343 Å². The molecule has 3 aromatic carbocycles. The number of hydrogen-bond donors (Lipinski definition) is 0. The number of hydrogen-bond acceptors (Lipinski definition) is 9. The number of ether oxygens (including phenoxy) is 1. The number of carbonyl (C=O) groups excluding carboxylic acids is 5. The first-order valence-corrected chi connectivity index (χ1v) is 20.7.